The molecule has 1 aromatic carbocycles. The van der Waals surface area contributed by atoms with Gasteiger partial charge in [0.1, 0.15) is 0 Å². The van der Waals surface area contributed by atoms with E-state index in [2.05, 4.69) is 49.6 Å². The largest absolute Gasteiger partial charge is 0.350 e. The van der Waals surface area contributed by atoms with E-state index in [1.54, 1.807) is 0 Å². The van der Waals surface area contributed by atoms with Crippen LogP contribution in [0, 0.1) is 19.8 Å². The summed E-state index contributed by atoms with van der Waals surface area (Å²) >= 11 is 0. The zero-order valence-corrected chi connectivity index (χ0v) is 14.0. The molecule has 3 atom stereocenters. The number of carbonyl (C=O) groups is 1. The second-order valence-corrected chi connectivity index (χ2v) is 7.33. The van der Waals surface area contributed by atoms with E-state index in [-0.39, 0.29) is 11.9 Å². The minimum absolute atomic E-state index is 0.0894. The Kier molecular flexibility index (Phi) is 4.53. The molecule has 22 heavy (non-hydrogen) atoms. The fourth-order valence-corrected chi connectivity index (χ4v) is 4.29. The maximum absolute atomic E-state index is 12.4. The molecule has 0 radical (unpaired) electrons. The number of rotatable bonds is 4. The van der Waals surface area contributed by atoms with E-state index < -0.39 is 0 Å². The van der Waals surface area contributed by atoms with Crippen molar-refractivity contribution in [2.24, 2.45) is 5.92 Å². The van der Waals surface area contributed by atoms with Gasteiger partial charge in [0.15, 0.2) is 0 Å². The van der Waals surface area contributed by atoms with E-state index in [0.717, 1.165) is 0 Å². The summed E-state index contributed by atoms with van der Waals surface area (Å²) < 4.78 is 0. The minimum Gasteiger partial charge on any atom is -0.350 e. The molecule has 3 rings (SSSR count). The van der Waals surface area contributed by atoms with E-state index in [1.807, 2.05) is 0 Å². The Labute approximate surface area is 133 Å². The van der Waals surface area contributed by atoms with Gasteiger partial charge in [0.05, 0.1) is 6.04 Å². The maximum Gasteiger partial charge on any atom is 0.220 e. The van der Waals surface area contributed by atoms with Crippen LogP contribution in [-0.2, 0) is 4.79 Å². The summed E-state index contributed by atoms with van der Waals surface area (Å²) in [6.45, 7) is 6.31. The summed E-state index contributed by atoms with van der Waals surface area (Å²) in [6.07, 6.45) is 5.61. The van der Waals surface area contributed by atoms with Crippen LogP contribution in [0.1, 0.15) is 61.8 Å². The molecule has 3 heteroatoms. The van der Waals surface area contributed by atoms with Gasteiger partial charge in [-0.1, -0.05) is 23.8 Å². The van der Waals surface area contributed by atoms with Crippen LogP contribution >= 0.6 is 0 Å². The Bertz CT molecular complexity index is 542. The average molecular weight is 300 g/mol. The average Bonchev–Trinajstić information content (AvgIpc) is 2.77. The van der Waals surface area contributed by atoms with E-state index in [9.17, 15) is 4.79 Å². The molecule has 2 heterocycles. The number of carbonyl (C=O) groups excluding carboxylic acids is 1. The normalized spacial score (nSPS) is 28.4. The summed E-state index contributed by atoms with van der Waals surface area (Å²) in [5.41, 5.74) is 3.75. The van der Waals surface area contributed by atoms with Crippen molar-refractivity contribution in [3.05, 3.63) is 34.9 Å². The zero-order valence-electron chi connectivity index (χ0n) is 14.0. The third kappa shape index (κ3) is 3.52. The van der Waals surface area contributed by atoms with Gasteiger partial charge >= 0.3 is 0 Å². The number of benzene rings is 1. The van der Waals surface area contributed by atoms with Crippen molar-refractivity contribution in [2.75, 3.05) is 0 Å². The molecule has 2 fully saturated rings. The summed E-state index contributed by atoms with van der Waals surface area (Å²) in [5, 5.41) is 6.84. The lowest BCUT2D eigenvalue weighted by molar-refractivity contribution is -0.122. The van der Waals surface area contributed by atoms with E-state index in [1.165, 1.54) is 42.4 Å². The SMILES string of the molecule is Cc1ccc(C(C)NC(=O)CC2CC3CCC(C2)N3)c(C)c1. The fourth-order valence-electron chi connectivity index (χ4n) is 4.29. The highest BCUT2D eigenvalue weighted by Crippen LogP contribution is 2.32. The van der Waals surface area contributed by atoms with Gasteiger partial charge in [-0.3, -0.25) is 4.79 Å². The lowest BCUT2D eigenvalue weighted by Crippen LogP contribution is -2.40. The van der Waals surface area contributed by atoms with Crippen LogP contribution in [0.5, 0.6) is 0 Å². The predicted molar refractivity (Wildman–Crippen MR) is 89.8 cm³/mol. The molecule has 3 nitrogen and oxygen atoms in total. The van der Waals surface area contributed by atoms with Crippen molar-refractivity contribution < 1.29 is 4.79 Å². The van der Waals surface area contributed by atoms with Crippen molar-refractivity contribution in [3.63, 3.8) is 0 Å². The topological polar surface area (TPSA) is 41.1 Å². The van der Waals surface area contributed by atoms with Crippen molar-refractivity contribution >= 4 is 5.91 Å². The highest BCUT2D eigenvalue weighted by atomic mass is 16.1. The highest BCUT2D eigenvalue weighted by Gasteiger charge is 2.34. The molecule has 0 spiro atoms. The van der Waals surface area contributed by atoms with Crippen molar-refractivity contribution in [1.29, 1.82) is 0 Å². The standard InChI is InChI=1S/C19H28N2O/c1-12-4-7-18(13(2)8-12)14(3)20-19(22)11-15-9-16-5-6-17(10-15)21-16/h4,7-8,14-17,21H,5-6,9-11H2,1-3H3,(H,20,22). The first-order valence-corrected chi connectivity index (χ1v) is 8.64. The van der Waals surface area contributed by atoms with Gasteiger partial charge in [0, 0.05) is 18.5 Å². The molecule has 2 N–H and O–H groups in total. The third-order valence-electron chi connectivity index (χ3n) is 5.31. The first kappa shape index (κ1) is 15.5. The summed E-state index contributed by atoms with van der Waals surface area (Å²) in [7, 11) is 0. The number of hydrogen-bond acceptors (Lipinski definition) is 2. The lowest BCUT2D eigenvalue weighted by Gasteiger charge is -2.29. The number of fused-ring (bicyclic) bond motifs is 2. The van der Waals surface area contributed by atoms with Crippen LogP contribution in [0.25, 0.3) is 0 Å². The number of piperidine rings is 1. The second kappa shape index (κ2) is 6.41. The van der Waals surface area contributed by atoms with Crippen LogP contribution in [0.2, 0.25) is 0 Å². The Morgan fingerprint density at radius 2 is 1.95 bits per heavy atom. The number of amides is 1. The zero-order chi connectivity index (χ0) is 15.7. The lowest BCUT2D eigenvalue weighted by atomic mass is 9.89. The van der Waals surface area contributed by atoms with Gasteiger partial charge in [-0.05, 0) is 63.5 Å². The Hall–Kier alpha value is -1.35. The quantitative estimate of drug-likeness (QED) is 0.895. The van der Waals surface area contributed by atoms with Gasteiger partial charge < -0.3 is 10.6 Å². The van der Waals surface area contributed by atoms with Gasteiger partial charge in [0.25, 0.3) is 0 Å². The number of aryl methyl sites for hydroxylation is 2. The van der Waals surface area contributed by atoms with Gasteiger partial charge in [-0.2, -0.15) is 0 Å². The Morgan fingerprint density at radius 1 is 1.27 bits per heavy atom. The van der Waals surface area contributed by atoms with Crippen molar-refractivity contribution in [1.82, 2.24) is 10.6 Å². The summed E-state index contributed by atoms with van der Waals surface area (Å²) in [6, 6.07) is 7.85. The molecule has 2 saturated heterocycles. The summed E-state index contributed by atoms with van der Waals surface area (Å²) in [5.74, 6) is 0.767. The molecular weight excluding hydrogens is 272 g/mol. The predicted octanol–water partition coefficient (Wildman–Crippen LogP) is 3.40. The molecule has 0 aromatic heterocycles. The highest BCUT2D eigenvalue weighted by molar-refractivity contribution is 5.76. The first-order chi connectivity index (χ1) is 10.5. The molecule has 2 aliphatic heterocycles. The molecule has 0 saturated carbocycles. The second-order valence-electron chi connectivity index (χ2n) is 7.33. The monoisotopic (exact) mass is 300 g/mol. The first-order valence-electron chi connectivity index (χ1n) is 8.64. The Balaban J connectivity index is 1.55. The molecule has 2 aliphatic rings. The van der Waals surface area contributed by atoms with E-state index >= 15 is 0 Å². The third-order valence-corrected chi connectivity index (χ3v) is 5.31. The van der Waals surface area contributed by atoms with Crippen LogP contribution in [-0.4, -0.2) is 18.0 Å². The van der Waals surface area contributed by atoms with Crippen molar-refractivity contribution in [3.8, 4) is 0 Å². The van der Waals surface area contributed by atoms with Crippen LogP contribution in [0.3, 0.4) is 0 Å². The molecule has 2 bridgehead atoms. The minimum atomic E-state index is 0.0894. The Morgan fingerprint density at radius 3 is 2.59 bits per heavy atom. The van der Waals surface area contributed by atoms with Crippen molar-refractivity contribution in [2.45, 2.75) is 71.0 Å². The number of hydrogen-bond donors (Lipinski definition) is 2. The smallest absolute Gasteiger partial charge is 0.220 e. The van der Waals surface area contributed by atoms with Gasteiger partial charge in [-0.25, -0.2) is 0 Å². The van der Waals surface area contributed by atoms with Gasteiger partial charge in [0.2, 0.25) is 5.91 Å². The molecule has 1 amide bonds. The van der Waals surface area contributed by atoms with Gasteiger partial charge in [-0.15, -0.1) is 0 Å². The molecule has 1 aromatic rings. The fraction of sp³-hybridized carbons (Fsp3) is 0.632. The van der Waals surface area contributed by atoms with E-state index in [0.29, 0.717) is 24.4 Å². The molecule has 120 valence electrons. The van der Waals surface area contributed by atoms with Crippen LogP contribution in [0.4, 0.5) is 0 Å². The molecule has 3 unspecified atom stereocenters. The number of nitrogens with one attached hydrogen (secondary N) is 2. The van der Waals surface area contributed by atoms with Crippen LogP contribution in [0.15, 0.2) is 18.2 Å². The summed E-state index contributed by atoms with van der Waals surface area (Å²) in [4.78, 5) is 12.4. The molecular formula is C19H28N2O. The van der Waals surface area contributed by atoms with E-state index in [4.69, 9.17) is 0 Å². The maximum atomic E-state index is 12.4. The van der Waals surface area contributed by atoms with Crippen LogP contribution < -0.4 is 10.6 Å². The molecule has 0 aliphatic carbocycles.